The minimum atomic E-state index is -0.258. The van der Waals surface area contributed by atoms with Crippen molar-refractivity contribution in [2.24, 2.45) is 0 Å². The summed E-state index contributed by atoms with van der Waals surface area (Å²) in [7, 11) is 0. The molecule has 0 aliphatic rings. The summed E-state index contributed by atoms with van der Waals surface area (Å²) in [4.78, 5) is 3.98. The summed E-state index contributed by atoms with van der Waals surface area (Å²) in [5.74, 6) is -0.258. The molecule has 0 atom stereocenters. The van der Waals surface area contributed by atoms with Crippen molar-refractivity contribution in [3.63, 3.8) is 0 Å². The van der Waals surface area contributed by atoms with E-state index in [1.54, 1.807) is 18.5 Å². The molecule has 2 aromatic rings. The van der Waals surface area contributed by atoms with Crippen molar-refractivity contribution in [3.8, 4) is 11.1 Å². The summed E-state index contributed by atoms with van der Waals surface area (Å²) in [6.45, 7) is 0. The van der Waals surface area contributed by atoms with Gasteiger partial charge in [0, 0.05) is 18.0 Å². The van der Waals surface area contributed by atoms with Gasteiger partial charge in [0.25, 0.3) is 0 Å². The molecule has 0 bridgehead atoms. The SMILES string of the molecule is Fc1cc(-c2cccnc2)ccc1Br. The molecule has 0 saturated carbocycles. The predicted octanol–water partition coefficient (Wildman–Crippen LogP) is 3.65. The Morgan fingerprint density at radius 1 is 1.14 bits per heavy atom. The molecule has 1 aromatic heterocycles. The van der Waals surface area contributed by atoms with Crippen molar-refractivity contribution in [2.75, 3.05) is 0 Å². The second-order valence-electron chi connectivity index (χ2n) is 2.87. The summed E-state index contributed by atoms with van der Waals surface area (Å²) in [6.07, 6.45) is 3.40. The zero-order valence-corrected chi connectivity index (χ0v) is 8.83. The van der Waals surface area contributed by atoms with Crippen LogP contribution in [0.5, 0.6) is 0 Å². The van der Waals surface area contributed by atoms with Crippen LogP contribution in [-0.2, 0) is 0 Å². The lowest BCUT2D eigenvalue weighted by molar-refractivity contribution is 0.621. The van der Waals surface area contributed by atoms with Crippen molar-refractivity contribution in [1.82, 2.24) is 4.98 Å². The van der Waals surface area contributed by atoms with Gasteiger partial charge in [0.2, 0.25) is 0 Å². The highest BCUT2D eigenvalue weighted by atomic mass is 79.9. The Morgan fingerprint density at radius 2 is 2.00 bits per heavy atom. The number of rotatable bonds is 1. The number of hydrogen-bond donors (Lipinski definition) is 0. The first-order valence-corrected chi connectivity index (χ1v) is 4.92. The Bertz CT molecular complexity index is 442. The van der Waals surface area contributed by atoms with Gasteiger partial charge in [0.1, 0.15) is 5.82 Å². The second kappa shape index (κ2) is 3.88. The summed E-state index contributed by atoms with van der Waals surface area (Å²) in [5.41, 5.74) is 1.75. The molecule has 0 fully saturated rings. The van der Waals surface area contributed by atoms with Crippen LogP contribution in [0.3, 0.4) is 0 Å². The number of nitrogens with zero attached hydrogens (tertiary/aromatic N) is 1. The lowest BCUT2D eigenvalue weighted by Gasteiger charge is -2.01. The lowest BCUT2D eigenvalue weighted by Crippen LogP contribution is -1.82. The van der Waals surface area contributed by atoms with Gasteiger partial charge in [0.05, 0.1) is 4.47 Å². The van der Waals surface area contributed by atoms with Crippen LogP contribution in [0.25, 0.3) is 11.1 Å². The van der Waals surface area contributed by atoms with Crippen LogP contribution in [-0.4, -0.2) is 4.98 Å². The van der Waals surface area contributed by atoms with Gasteiger partial charge in [-0.05, 0) is 39.7 Å². The Morgan fingerprint density at radius 3 is 2.64 bits per heavy atom. The Labute approximate surface area is 89.7 Å². The summed E-state index contributed by atoms with van der Waals surface area (Å²) < 4.78 is 13.7. The monoisotopic (exact) mass is 251 g/mol. The van der Waals surface area contributed by atoms with Gasteiger partial charge >= 0.3 is 0 Å². The van der Waals surface area contributed by atoms with E-state index in [-0.39, 0.29) is 5.82 Å². The number of pyridine rings is 1. The summed E-state index contributed by atoms with van der Waals surface area (Å²) in [6, 6.07) is 8.76. The minimum absolute atomic E-state index is 0.258. The normalized spacial score (nSPS) is 10.1. The first-order valence-electron chi connectivity index (χ1n) is 4.13. The third kappa shape index (κ3) is 1.82. The maximum atomic E-state index is 13.2. The molecule has 1 nitrogen and oxygen atoms in total. The molecule has 0 saturated heterocycles. The van der Waals surface area contributed by atoms with E-state index < -0.39 is 0 Å². The van der Waals surface area contributed by atoms with Crippen LogP contribution in [0, 0.1) is 5.82 Å². The van der Waals surface area contributed by atoms with Crippen molar-refractivity contribution in [1.29, 1.82) is 0 Å². The topological polar surface area (TPSA) is 12.9 Å². The number of halogens is 2. The molecule has 1 heterocycles. The van der Waals surface area contributed by atoms with Crippen molar-refractivity contribution < 1.29 is 4.39 Å². The fourth-order valence-electron chi connectivity index (χ4n) is 1.21. The third-order valence-corrected chi connectivity index (χ3v) is 2.56. The highest BCUT2D eigenvalue weighted by Gasteiger charge is 2.02. The minimum Gasteiger partial charge on any atom is -0.264 e. The van der Waals surface area contributed by atoms with Crippen molar-refractivity contribution in [3.05, 3.63) is 53.0 Å². The summed E-state index contributed by atoms with van der Waals surface area (Å²) in [5, 5.41) is 0. The largest absolute Gasteiger partial charge is 0.264 e. The second-order valence-corrected chi connectivity index (χ2v) is 3.72. The lowest BCUT2D eigenvalue weighted by atomic mass is 10.1. The predicted molar refractivity (Wildman–Crippen MR) is 57.3 cm³/mol. The van der Waals surface area contributed by atoms with Crippen LogP contribution in [0.15, 0.2) is 47.2 Å². The zero-order chi connectivity index (χ0) is 9.97. The Hall–Kier alpha value is -1.22. The first-order chi connectivity index (χ1) is 6.77. The van der Waals surface area contributed by atoms with Gasteiger partial charge in [-0.3, -0.25) is 4.98 Å². The molecule has 3 heteroatoms. The van der Waals surface area contributed by atoms with Gasteiger partial charge in [-0.2, -0.15) is 0 Å². The zero-order valence-electron chi connectivity index (χ0n) is 7.24. The standard InChI is InChI=1S/C11H7BrFN/c12-10-4-3-8(6-11(10)13)9-2-1-5-14-7-9/h1-7H. The van der Waals surface area contributed by atoms with Crippen molar-refractivity contribution >= 4 is 15.9 Å². The molecular weight excluding hydrogens is 245 g/mol. The molecular formula is C11H7BrFN. The van der Waals surface area contributed by atoms with E-state index in [2.05, 4.69) is 20.9 Å². The van der Waals surface area contributed by atoms with Crippen LogP contribution < -0.4 is 0 Å². The maximum absolute atomic E-state index is 13.2. The molecule has 0 N–H and O–H groups in total. The van der Waals surface area contributed by atoms with Crippen molar-refractivity contribution in [2.45, 2.75) is 0 Å². The van der Waals surface area contributed by atoms with E-state index in [9.17, 15) is 4.39 Å². The van der Waals surface area contributed by atoms with E-state index in [1.165, 1.54) is 6.07 Å². The van der Waals surface area contributed by atoms with E-state index in [1.807, 2.05) is 18.2 Å². The molecule has 1 aromatic carbocycles. The maximum Gasteiger partial charge on any atom is 0.137 e. The molecule has 0 unspecified atom stereocenters. The van der Waals surface area contributed by atoms with Gasteiger partial charge in [0.15, 0.2) is 0 Å². The van der Waals surface area contributed by atoms with E-state index in [0.717, 1.165) is 11.1 Å². The molecule has 0 amide bonds. The quantitative estimate of drug-likeness (QED) is 0.754. The average molecular weight is 252 g/mol. The number of benzene rings is 1. The van der Waals surface area contributed by atoms with Crippen LogP contribution in [0.4, 0.5) is 4.39 Å². The number of hydrogen-bond acceptors (Lipinski definition) is 1. The fourth-order valence-corrected chi connectivity index (χ4v) is 1.46. The average Bonchev–Trinajstić information content (AvgIpc) is 2.23. The number of aromatic nitrogens is 1. The van der Waals surface area contributed by atoms with Crippen LogP contribution in [0.1, 0.15) is 0 Å². The van der Waals surface area contributed by atoms with Gasteiger partial charge in [-0.15, -0.1) is 0 Å². The highest BCUT2D eigenvalue weighted by Crippen LogP contribution is 2.23. The molecule has 0 aliphatic heterocycles. The molecule has 0 spiro atoms. The Balaban J connectivity index is 2.48. The van der Waals surface area contributed by atoms with Crippen LogP contribution in [0.2, 0.25) is 0 Å². The molecule has 0 radical (unpaired) electrons. The van der Waals surface area contributed by atoms with Gasteiger partial charge in [-0.1, -0.05) is 12.1 Å². The Kier molecular flexibility index (Phi) is 2.59. The molecule has 2 rings (SSSR count). The summed E-state index contributed by atoms with van der Waals surface area (Å²) >= 11 is 3.11. The van der Waals surface area contributed by atoms with E-state index in [0.29, 0.717) is 4.47 Å². The van der Waals surface area contributed by atoms with E-state index >= 15 is 0 Å². The third-order valence-electron chi connectivity index (χ3n) is 1.91. The van der Waals surface area contributed by atoms with Gasteiger partial charge < -0.3 is 0 Å². The molecule has 14 heavy (non-hydrogen) atoms. The first kappa shape index (κ1) is 9.34. The van der Waals surface area contributed by atoms with Crippen LogP contribution >= 0.6 is 15.9 Å². The highest BCUT2D eigenvalue weighted by molar-refractivity contribution is 9.10. The van der Waals surface area contributed by atoms with E-state index in [4.69, 9.17) is 0 Å². The smallest absolute Gasteiger partial charge is 0.137 e. The fraction of sp³-hybridized carbons (Fsp3) is 0. The van der Waals surface area contributed by atoms with Gasteiger partial charge in [-0.25, -0.2) is 4.39 Å². The molecule has 0 aliphatic carbocycles. The molecule has 70 valence electrons.